The molecule has 30 heavy (non-hydrogen) atoms. The Kier molecular flexibility index (Phi) is 7.47. The van der Waals surface area contributed by atoms with E-state index in [1.54, 1.807) is 34.6 Å². The molecule has 1 atom stereocenters. The lowest BCUT2D eigenvalue weighted by Gasteiger charge is -2.32. The molecule has 0 amide bonds. The van der Waals surface area contributed by atoms with Gasteiger partial charge in [-0.2, -0.15) is 0 Å². The van der Waals surface area contributed by atoms with Crippen LogP contribution in [0.25, 0.3) is 0 Å². The van der Waals surface area contributed by atoms with Crippen LogP contribution in [0.15, 0.2) is 36.4 Å². The number of aryl methyl sites for hydroxylation is 1. The maximum absolute atomic E-state index is 13.9. The summed E-state index contributed by atoms with van der Waals surface area (Å²) in [5.41, 5.74) is 1.10. The average Bonchev–Trinajstić information content (AvgIpc) is 2.59. The first kappa shape index (κ1) is 23.7. The number of phenols is 2. The topological polar surface area (TPSA) is 131 Å². The van der Waals surface area contributed by atoms with E-state index in [4.69, 9.17) is 9.05 Å². The Hall–Kier alpha value is -2.61. The number of benzene rings is 2. The first-order valence-corrected chi connectivity index (χ1v) is 11.0. The lowest BCUT2D eigenvalue weighted by atomic mass is 10.1. The lowest BCUT2D eigenvalue weighted by Crippen LogP contribution is -2.19. The number of nitrogens with one attached hydrogen (secondary N) is 1. The SMILES string of the molecule is Cc1cc([N+](=O)[O-])ccc1NC(c1ccc(O)cc1O)P(=O)(OC(C)C)OC(C)C. The van der Waals surface area contributed by atoms with Gasteiger partial charge in [-0.15, -0.1) is 0 Å². The van der Waals surface area contributed by atoms with Crippen molar-refractivity contribution in [3.8, 4) is 11.5 Å². The largest absolute Gasteiger partial charge is 0.508 e. The van der Waals surface area contributed by atoms with Gasteiger partial charge < -0.3 is 24.6 Å². The minimum Gasteiger partial charge on any atom is -0.508 e. The molecule has 2 aromatic rings. The van der Waals surface area contributed by atoms with Crippen molar-refractivity contribution < 1.29 is 28.7 Å². The molecule has 1 unspecified atom stereocenters. The molecular weight excluding hydrogens is 411 g/mol. The average molecular weight is 438 g/mol. The summed E-state index contributed by atoms with van der Waals surface area (Å²) in [7, 11) is -3.91. The zero-order chi connectivity index (χ0) is 22.6. The quantitative estimate of drug-likeness (QED) is 0.267. The van der Waals surface area contributed by atoms with Crippen LogP contribution in [-0.4, -0.2) is 27.3 Å². The highest BCUT2D eigenvalue weighted by Crippen LogP contribution is 2.63. The highest BCUT2D eigenvalue weighted by Gasteiger charge is 2.41. The molecule has 2 aromatic carbocycles. The molecule has 0 aliphatic carbocycles. The van der Waals surface area contributed by atoms with E-state index in [1.165, 1.54) is 30.3 Å². The van der Waals surface area contributed by atoms with Gasteiger partial charge in [-0.25, -0.2) is 0 Å². The zero-order valence-corrected chi connectivity index (χ0v) is 18.4. The van der Waals surface area contributed by atoms with Crippen LogP contribution in [0.4, 0.5) is 11.4 Å². The van der Waals surface area contributed by atoms with E-state index < -0.39 is 30.5 Å². The zero-order valence-electron chi connectivity index (χ0n) is 17.5. The molecule has 9 nitrogen and oxygen atoms in total. The van der Waals surface area contributed by atoms with Crippen molar-refractivity contribution >= 4 is 19.0 Å². The fourth-order valence-electron chi connectivity index (χ4n) is 2.90. The molecular formula is C20H27N2O7P. The highest BCUT2D eigenvalue weighted by atomic mass is 31.2. The smallest absolute Gasteiger partial charge is 0.357 e. The Bertz CT molecular complexity index is 948. The molecule has 0 saturated carbocycles. The molecule has 0 aliphatic rings. The van der Waals surface area contributed by atoms with E-state index in [-0.39, 0.29) is 22.7 Å². The van der Waals surface area contributed by atoms with Crippen LogP contribution < -0.4 is 5.32 Å². The van der Waals surface area contributed by atoms with Crippen molar-refractivity contribution in [2.24, 2.45) is 0 Å². The Morgan fingerprint density at radius 3 is 2.10 bits per heavy atom. The minimum absolute atomic E-state index is 0.0814. The molecule has 0 spiro atoms. The van der Waals surface area contributed by atoms with Crippen molar-refractivity contribution in [2.75, 3.05) is 5.32 Å². The van der Waals surface area contributed by atoms with Gasteiger partial charge in [0.25, 0.3) is 5.69 Å². The van der Waals surface area contributed by atoms with Crippen molar-refractivity contribution in [1.82, 2.24) is 0 Å². The van der Waals surface area contributed by atoms with Crippen molar-refractivity contribution in [3.63, 3.8) is 0 Å². The van der Waals surface area contributed by atoms with E-state index >= 15 is 0 Å². The standard InChI is InChI=1S/C20H27N2O7P/c1-12(2)28-30(27,29-13(3)4)20(17-8-7-16(23)11-19(17)24)21-18-9-6-15(22(25)26)10-14(18)5/h6-13,20-21,23-24H,1-5H3. The fraction of sp³-hybridized carbons (Fsp3) is 0.400. The molecule has 10 heteroatoms. The summed E-state index contributed by atoms with van der Waals surface area (Å²) < 4.78 is 25.3. The van der Waals surface area contributed by atoms with Gasteiger partial charge in [-0.05, 0) is 58.4 Å². The highest BCUT2D eigenvalue weighted by molar-refractivity contribution is 7.54. The third-order valence-electron chi connectivity index (χ3n) is 4.05. The second kappa shape index (κ2) is 9.47. The van der Waals surface area contributed by atoms with Crippen molar-refractivity contribution in [3.05, 3.63) is 57.6 Å². The van der Waals surface area contributed by atoms with Crippen LogP contribution in [0, 0.1) is 17.0 Å². The van der Waals surface area contributed by atoms with E-state index in [9.17, 15) is 24.9 Å². The molecule has 0 fully saturated rings. The number of non-ortho nitro benzene ring substituents is 1. The summed E-state index contributed by atoms with van der Waals surface area (Å²) in [6.07, 6.45) is -0.896. The first-order valence-electron chi connectivity index (χ1n) is 9.43. The van der Waals surface area contributed by atoms with Gasteiger partial charge in [0.1, 0.15) is 11.5 Å². The summed E-state index contributed by atoms with van der Waals surface area (Å²) in [6.45, 7) is 8.51. The number of phenolic OH excluding ortho intramolecular Hbond substituents is 2. The monoisotopic (exact) mass is 438 g/mol. The number of nitrogens with zero attached hydrogens (tertiary/aromatic N) is 1. The Morgan fingerprint density at radius 2 is 1.63 bits per heavy atom. The molecule has 2 rings (SSSR count). The molecule has 0 bridgehead atoms. The van der Waals surface area contributed by atoms with E-state index in [1.807, 2.05) is 0 Å². The van der Waals surface area contributed by atoms with Gasteiger partial charge in [0.2, 0.25) is 0 Å². The minimum atomic E-state index is -3.91. The van der Waals surface area contributed by atoms with Crippen molar-refractivity contribution in [1.29, 1.82) is 0 Å². The van der Waals surface area contributed by atoms with Crippen molar-refractivity contribution in [2.45, 2.75) is 52.6 Å². The van der Waals surface area contributed by atoms with Gasteiger partial charge in [0.15, 0.2) is 5.78 Å². The maximum Gasteiger partial charge on any atom is 0.357 e. The molecule has 0 saturated heterocycles. The third-order valence-corrected chi connectivity index (χ3v) is 6.52. The second-order valence-electron chi connectivity index (χ2n) is 7.39. The number of nitro benzene ring substituents is 1. The molecule has 0 heterocycles. The van der Waals surface area contributed by atoms with Crippen LogP contribution in [0.2, 0.25) is 0 Å². The number of rotatable bonds is 9. The second-order valence-corrected chi connectivity index (χ2v) is 9.41. The van der Waals surface area contributed by atoms with Gasteiger partial charge in [-0.3, -0.25) is 14.7 Å². The lowest BCUT2D eigenvalue weighted by molar-refractivity contribution is -0.384. The maximum atomic E-state index is 13.9. The van der Waals surface area contributed by atoms with E-state index in [0.29, 0.717) is 11.3 Å². The van der Waals surface area contributed by atoms with Crippen LogP contribution >= 0.6 is 7.60 Å². The number of hydrogen-bond donors (Lipinski definition) is 3. The summed E-state index contributed by atoms with van der Waals surface area (Å²) in [6, 6.07) is 8.09. The molecule has 3 N–H and O–H groups in total. The predicted molar refractivity (Wildman–Crippen MR) is 114 cm³/mol. The summed E-state index contributed by atoms with van der Waals surface area (Å²) >= 11 is 0. The summed E-state index contributed by atoms with van der Waals surface area (Å²) in [5.74, 6) is -1.60. The predicted octanol–water partition coefficient (Wildman–Crippen LogP) is 5.47. The van der Waals surface area contributed by atoms with Crippen LogP contribution in [0.3, 0.4) is 0 Å². The van der Waals surface area contributed by atoms with Gasteiger partial charge in [0, 0.05) is 29.4 Å². The molecule has 164 valence electrons. The Balaban J connectivity index is 2.61. The van der Waals surface area contributed by atoms with E-state index in [2.05, 4.69) is 5.32 Å². The molecule has 0 aliphatic heterocycles. The first-order chi connectivity index (χ1) is 13.9. The Morgan fingerprint density at radius 1 is 1.03 bits per heavy atom. The Labute approximate surface area is 175 Å². The van der Waals surface area contributed by atoms with Crippen LogP contribution in [0.5, 0.6) is 11.5 Å². The normalized spacial score (nSPS) is 12.9. The number of aromatic hydroxyl groups is 2. The molecule has 0 aromatic heterocycles. The van der Waals surface area contributed by atoms with Gasteiger partial charge in [-0.1, -0.05) is 0 Å². The number of anilines is 1. The van der Waals surface area contributed by atoms with Gasteiger partial charge >= 0.3 is 7.60 Å². The number of hydrogen-bond acceptors (Lipinski definition) is 8. The van der Waals surface area contributed by atoms with Crippen LogP contribution in [0.1, 0.15) is 44.6 Å². The molecule has 0 radical (unpaired) electrons. The number of nitro groups is 1. The third kappa shape index (κ3) is 5.72. The van der Waals surface area contributed by atoms with Gasteiger partial charge in [0.05, 0.1) is 17.1 Å². The van der Waals surface area contributed by atoms with Crippen LogP contribution in [-0.2, 0) is 13.6 Å². The fourth-order valence-corrected chi connectivity index (χ4v) is 5.22. The summed E-state index contributed by atoms with van der Waals surface area (Å²) in [5, 5.41) is 34.2. The van der Waals surface area contributed by atoms with E-state index in [0.717, 1.165) is 6.07 Å². The summed E-state index contributed by atoms with van der Waals surface area (Å²) in [4.78, 5) is 10.5.